The Kier molecular flexibility index (Phi) is 9.30. The number of carbonyl (C=O) groups excluding carboxylic acids is 2. The van der Waals surface area contributed by atoms with Crippen LogP contribution in [0.1, 0.15) is 25.0 Å². The molecule has 0 aliphatic carbocycles. The maximum atomic E-state index is 13.7. The van der Waals surface area contributed by atoms with Crippen molar-refractivity contribution in [3.63, 3.8) is 0 Å². The Hall–Kier alpha value is -7.70. The molecule has 0 radical (unpaired) electrons. The van der Waals surface area contributed by atoms with E-state index in [2.05, 4.69) is 50.2 Å². The summed E-state index contributed by atoms with van der Waals surface area (Å²) in [7, 11) is 0. The molecule has 0 atom stereocenters. The molecule has 0 unspecified atom stereocenters. The van der Waals surface area contributed by atoms with Crippen molar-refractivity contribution < 1.29 is 28.5 Å². The molecule has 0 spiro atoms. The molecule has 0 aliphatic rings. The molecular weight excluding hydrogens is 745 g/mol. The molecule has 10 aromatic carbocycles. The first-order valence-corrected chi connectivity index (χ1v) is 20.2. The maximum Gasteiger partial charge on any atom is 0.519 e. The molecule has 0 aliphatic heterocycles. The highest BCUT2D eigenvalue weighted by Gasteiger charge is 2.25. The van der Waals surface area contributed by atoms with Crippen LogP contribution in [0.15, 0.2) is 170 Å². The van der Waals surface area contributed by atoms with E-state index in [0.29, 0.717) is 23.0 Å². The summed E-state index contributed by atoms with van der Waals surface area (Å²) in [6, 6.07) is 55.5. The zero-order chi connectivity index (χ0) is 40.7. The van der Waals surface area contributed by atoms with Crippen molar-refractivity contribution in [2.45, 2.75) is 26.7 Å². The highest BCUT2D eigenvalue weighted by molar-refractivity contribution is 6.27. The lowest BCUT2D eigenvalue weighted by molar-refractivity contribution is 0.152. The zero-order valence-corrected chi connectivity index (χ0v) is 33.0. The number of aryl methyl sites for hydroxylation is 2. The molecule has 290 valence electrons. The molecule has 0 saturated heterocycles. The van der Waals surface area contributed by atoms with E-state index in [-0.39, 0.29) is 0 Å². The average Bonchev–Trinajstić information content (AvgIpc) is 3.29. The van der Waals surface area contributed by atoms with Gasteiger partial charge in [-0.1, -0.05) is 159 Å². The quantitative estimate of drug-likeness (QED) is 0.0911. The number of carbonyl (C=O) groups is 2. The second-order valence-corrected chi connectivity index (χ2v) is 14.9. The first kappa shape index (κ1) is 36.6. The van der Waals surface area contributed by atoms with Crippen molar-refractivity contribution in [1.82, 2.24) is 0 Å². The van der Waals surface area contributed by atoms with Gasteiger partial charge in [0.1, 0.15) is 23.0 Å². The predicted molar refractivity (Wildman–Crippen MR) is 242 cm³/mol. The fraction of sp³-hybridized carbons (Fsp3) is 0.0741. The average molecular weight is 783 g/mol. The molecule has 0 fully saturated rings. The fourth-order valence-electron chi connectivity index (χ4n) is 8.43. The molecule has 6 heteroatoms. The smallest absolute Gasteiger partial charge is 0.395 e. The first-order valence-electron chi connectivity index (χ1n) is 20.2. The second kappa shape index (κ2) is 15.2. The van der Waals surface area contributed by atoms with Crippen molar-refractivity contribution in [3.8, 4) is 34.1 Å². The molecule has 0 bridgehead atoms. The van der Waals surface area contributed by atoms with Crippen LogP contribution in [-0.2, 0) is 12.8 Å². The third-order valence-electron chi connectivity index (χ3n) is 11.4. The maximum absolute atomic E-state index is 13.7. The lowest BCUT2D eigenvalue weighted by Gasteiger charge is -2.22. The summed E-state index contributed by atoms with van der Waals surface area (Å²) < 4.78 is 24.1. The van der Waals surface area contributed by atoms with Gasteiger partial charge in [-0.25, -0.2) is 9.59 Å². The molecule has 0 aromatic heterocycles. The molecule has 0 amide bonds. The van der Waals surface area contributed by atoms with Gasteiger partial charge in [0.15, 0.2) is 0 Å². The highest BCUT2D eigenvalue weighted by Crippen LogP contribution is 2.50. The predicted octanol–water partition coefficient (Wildman–Crippen LogP) is 14.6. The lowest BCUT2D eigenvalue weighted by Crippen LogP contribution is -2.14. The van der Waals surface area contributed by atoms with Gasteiger partial charge in [0, 0.05) is 21.5 Å². The summed E-state index contributed by atoms with van der Waals surface area (Å²) in [4.78, 5) is 27.4. The van der Waals surface area contributed by atoms with Crippen LogP contribution in [0.4, 0.5) is 9.59 Å². The van der Waals surface area contributed by atoms with Crippen molar-refractivity contribution in [1.29, 1.82) is 0 Å². The van der Waals surface area contributed by atoms with E-state index in [1.54, 1.807) is 12.1 Å². The van der Waals surface area contributed by atoms with E-state index in [9.17, 15) is 9.59 Å². The van der Waals surface area contributed by atoms with Gasteiger partial charge in [-0.15, -0.1) is 0 Å². The minimum atomic E-state index is -0.829. The van der Waals surface area contributed by atoms with Gasteiger partial charge in [0.05, 0.1) is 0 Å². The lowest BCUT2D eigenvalue weighted by atomic mass is 9.84. The van der Waals surface area contributed by atoms with Crippen LogP contribution >= 0.6 is 0 Å². The Labute approximate surface area is 346 Å². The van der Waals surface area contributed by atoms with Crippen LogP contribution in [0.3, 0.4) is 0 Å². The standard InChI is InChI=1S/C54H38O6/c1-3-33-21-27-45-47(29-33)49(41-17-9-11-19-43(41)51(45)59-53(55)57-39-25-23-35-13-5-7-15-37(35)31-39)50-42-18-10-12-20-44(42)52(46-28-22-34(4-2)30-48(46)50)60-54(56)58-40-26-24-36-14-6-8-16-38(36)32-40/h5-32H,3-4H2,1-2H3. The Balaban J connectivity index is 1.15. The number of fused-ring (bicyclic) bond motifs is 6. The number of ether oxygens (including phenoxy) is 4. The van der Waals surface area contributed by atoms with Crippen LogP contribution in [0.5, 0.6) is 23.0 Å². The van der Waals surface area contributed by atoms with E-state index in [0.717, 1.165) is 99.7 Å². The number of rotatable bonds is 7. The number of hydrogen-bond acceptors (Lipinski definition) is 6. The molecular formula is C54H38O6. The fourth-order valence-corrected chi connectivity index (χ4v) is 8.43. The van der Waals surface area contributed by atoms with Crippen LogP contribution < -0.4 is 18.9 Å². The van der Waals surface area contributed by atoms with Gasteiger partial charge in [-0.2, -0.15) is 0 Å². The molecule has 0 saturated carbocycles. The van der Waals surface area contributed by atoms with Crippen LogP contribution in [-0.4, -0.2) is 12.3 Å². The summed E-state index contributed by atoms with van der Waals surface area (Å²) in [5.74, 6) is 1.62. The van der Waals surface area contributed by atoms with Crippen LogP contribution in [0.2, 0.25) is 0 Å². The Morgan fingerprint density at radius 2 is 0.717 bits per heavy atom. The minimum Gasteiger partial charge on any atom is -0.395 e. The Morgan fingerprint density at radius 3 is 1.13 bits per heavy atom. The van der Waals surface area contributed by atoms with Gasteiger partial charge >= 0.3 is 12.3 Å². The SMILES string of the molecule is CCc1ccc2c(OC(=O)Oc3ccc4ccccc4c3)c3ccccc3c(-c3c4ccccc4c(OC(=O)Oc4ccc5ccccc5c4)c4ccc(CC)cc34)c2c1. The van der Waals surface area contributed by atoms with E-state index in [4.69, 9.17) is 18.9 Å². The van der Waals surface area contributed by atoms with Gasteiger partial charge in [-0.05, 0) is 102 Å². The summed E-state index contributed by atoms with van der Waals surface area (Å²) in [6.45, 7) is 4.25. The second-order valence-electron chi connectivity index (χ2n) is 14.9. The van der Waals surface area contributed by atoms with E-state index in [1.807, 2.05) is 121 Å². The molecule has 10 rings (SSSR count). The largest absolute Gasteiger partial charge is 0.519 e. The summed E-state index contributed by atoms with van der Waals surface area (Å²) in [5, 5.41) is 10.7. The normalized spacial score (nSPS) is 11.4. The summed E-state index contributed by atoms with van der Waals surface area (Å²) in [5.41, 5.74) is 4.21. The van der Waals surface area contributed by atoms with Crippen molar-refractivity contribution in [2.75, 3.05) is 0 Å². The zero-order valence-electron chi connectivity index (χ0n) is 33.0. The van der Waals surface area contributed by atoms with E-state index in [1.165, 1.54) is 0 Å². The van der Waals surface area contributed by atoms with E-state index >= 15 is 0 Å². The molecule has 10 aromatic rings. The number of benzene rings is 10. The Morgan fingerprint density at radius 1 is 0.350 bits per heavy atom. The summed E-state index contributed by atoms with van der Waals surface area (Å²) in [6.07, 6.45) is -0.0550. The monoisotopic (exact) mass is 782 g/mol. The molecule has 0 N–H and O–H groups in total. The number of hydrogen-bond donors (Lipinski definition) is 0. The third-order valence-corrected chi connectivity index (χ3v) is 11.4. The topological polar surface area (TPSA) is 71.1 Å². The summed E-state index contributed by atoms with van der Waals surface area (Å²) >= 11 is 0. The molecule has 6 nitrogen and oxygen atoms in total. The molecule has 60 heavy (non-hydrogen) atoms. The third kappa shape index (κ3) is 6.58. The van der Waals surface area contributed by atoms with E-state index < -0.39 is 12.3 Å². The Bertz CT molecular complexity index is 3120. The van der Waals surface area contributed by atoms with Crippen LogP contribution in [0.25, 0.3) is 75.8 Å². The molecule has 0 heterocycles. The van der Waals surface area contributed by atoms with Gasteiger partial charge in [0.2, 0.25) is 0 Å². The van der Waals surface area contributed by atoms with Crippen molar-refractivity contribution in [2.24, 2.45) is 0 Å². The minimum absolute atomic E-state index is 0.394. The highest BCUT2D eigenvalue weighted by atomic mass is 16.7. The van der Waals surface area contributed by atoms with Gasteiger partial charge < -0.3 is 18.9 Å². The first-order chi connectivity index (χ1) is 29.4. The van der Waals surface area contributed by atoms with Crippen molar-refractivity contribution in [3.05, 3.63) is 181 Å². The van der Waals surface area contributed by atoms with Gasteiger partial charge in [-0.3, -0.25) is 0 Å². The van der Waals surface area contributed by atoms with Gasteiger partial charge in [0.25, 0.3) is 0 Å². The van der Waals surface area contributed by atoms with Crippen LogP contribution in [0, 0.1) is 0 Å². The van der Waals surface area contributed by atoms with Crippen molar-refractivity contribution >= 4 is 76.9 Å².